The highest BCUT2D eigenvalue weighted by Crippen LogP contribution is 2.28. The molecule has 1 atom stereocenters. The first-order valence-electron chi connectivity index (χ1n) is 5.74. The molecule has 2 heterocycles. The molecule has 0 fully saturated rings. The zero-order chi connectivity index (χ0) is 13.4. The molecule has 0 saturated carbocycles. The molecule has 0 amide bonds. The van der Waals surface area contributed by atoms with Gasteiger partial charge in [0, 0.05) is 18.6 Å². The third-order valence-electron chi connectivity index (χ3n) is 3.03. The second-order valence-corrected chi connectivity index (χ2v) is 5.00. The van der Waals surface area contributed by atoms with Gasteiger partial charge in [0.1, 0.15) is 11.8 Å². The number of aryl methyl sites for hydroxylation is 1. The summed E-state index contributed by atoms with van der Waals surface area (Å²) in [5, 5.41) is 19.2. The van der Waals surface area contributed by atoms with Gasteiger partial charge in [-0.15, -0.1) is 5.10 Å². The summed E-state index contributed by atoms with van der Waals surface area (Å²) in [7, 11) is 1.75. The van der Waals surface area contributed by atoms with Gasteiger partial charge in [-0.1, -0.05) is 17.3 Å². The molecule has 6 heteroatoms. The minimum Gasteiger partial charge on any atom is -0.382 e. The lowest BCUT2D eigenvalue weighted by Gasteiger charge is -2.12. The molecule has 19 heavy (non-hydrogen) atoms. The van der Waals surface area contributed by atoms with Crippen molar-refractivity contribution in [3.8, 4) is 0 Å². The predicted octanol–water partition coefficient (Wildman–Crippen LogP) is 2.21. The van der Waals surface area contributed by atoms with E-state index in [1.54, 1.807) is 17.9 Å². The molecule has 5 nitrogen and oxygen atoms in total. The van der Waals surface area contributed by atoms with E-state index in [-0.39, 0.29) is 0 Å². The average molecular weight is 319 g/mol. The van der Waals surface area contributed by atoms with Crippen molar-refractivity contribution in [2.24, 2.45) is 7.05 Å². The third-order valence-corrected chi connectivity index (χ3v) is 3.59. The summed E-state index contributed by atoms with van der Waals surface area (Å²) in [5.74, 6) is 0. The topological polar surface area (TPSA) is 63.8 Å². The zero-order valence-electron chi connectivity index (χ0n) is 10.2. The van der Waals surface area contributed by atoms with Gasteiger partial charge in [0.15, 0.2) is 4.60 Å². The zero-order valence-corrected chi connectivity index (χ0v) is 11.7. The van der Waals surface area contributed by atoms with Crippen LogP contribution in [0.1, 0.15) is 17.4 Å². The van der Waals surface area contributed by atoms with Gasteiger partial charge >= 0.3 is 0 Å². The normalized spacial score (nSPS) is 12.8. The van der Waals surface area contributed by atoms with Gasteiger partial charge in [-0.2, -0.15) is 0 Å². The van der Waals surface area contributed by atoms with Crippen LogP contribution in [0.25, 0.3) is 10.9 Å². The van der Waals surface area contributed by atoms with Crippen molar-refractivity contribution in [2.45, 2.75) is 6.10 Å². The number of rotatable bonds is 2. The smallest absolute Gasteiger partial charge is 0.154 e. The van der Waals surface area contributed by atoms with Crippen LogP contribution in [0.3, 0.4) is 0 Å². The Balaban J connectivity index is 2.09. The van der Waals surface area contributed by atoms with Crippen molar-refractivity contribution in [1.82, 2.24) is 20.0 Å². The van der Waals surface area contributed by atoms with Crippen molar-refractivity contribution in [1.29, 1.82) is 0 Å². The van der Waals surface area contributed by atoms with Gasteiger partial charge in [-0.25, -0.2) is 4.68 Å². The summed E-state index contributed by atoms with van der Waals surface area (Å²) in [6.45, 7) is 0. The van der Waals surface area contributed by atoms with E-state index in [1.807, 2.05) is 30.3 Å². The van der Waals surface area contributed by atoms with Crippen LogP contribution < -0.4 is 0 Å². The Bertz CT molecular complexity index is 721. The van der Waals surface area contributed by atoms with E-state index in [1.165, 1.54) is 0 Å². The molecule has 1 N–H and O–H groups in total. The van der Waals surface area contributed by atoms with Crippen LogP contribution in [0.5, 0.6) is 0 Å². The van der Waals surface area contributed by atoms with Crippen molar-refractivity contribution >= 4 is 26.8 Å². The van der Waals surface area contributed by atoms with Gasteiger partial charge in [-0.05, 0) is 39.7 Å². The fourth-order valence-electron chi connectivity index (χ4n) is 2.05. The summed E-state index contributed by atoms with van der Waals surface area (Å²) in [4.78, 5) is 4.26. The van der Waals surface area contributed by atoms with Crippen LogP contribution in [0, 0.1) is 0 Å². The number of hydrogen-bond acceptors (Lipinski definition) is 4. The second kappa shape index (κ2) is 4.71. The van der Waals surface area contributed by atoms with E-state index in [2.05, 4.69) is 31.2 Å². The van der Waals surface area contributed by atoms with E-state index in [4.69, 9.17) is 0 Å². The lowest BCUT2D eigenvalue weighted by molar-refractivity contribution is 0.209. The van der Waals surface area contributed by atoms with E-state index < -0.39 is 6.10 Å². The molecule has 3 rings (SSSR count). The Morgan fingerprint density at radius 1 is 1.32 bits per heavy atom. The molecule has 0 aliphatic heterocycles. The molecular weight excluding hydrogens is 308 g/mol. The molecule has 0 aliphatic rings. The highest BCUT2D eigenvalue weighted by molar-refractivity contribution is 9.10. The Morgan fingerprint density at radius 2 is 2.16 bits per heavy atom. The molecule has 0 aliphatic carbocycles. The van der Waals surface area contributed by atoms with Crippen LogP contribution in [0.4, 0.5) is 0 Å². The summed E-state index contributed by atoms with van der Waals surface area (Å²) >= 11 is 3.30. The first-order valence-corrected chi connectivity index (χ1v) is 6.54. The molecule has 0 bridgehead atoms. The SMILES string of the molecule is Cn1nnc(Br)c1C(O)c1ccc2ncccc2c1. The predicted molar refractivity (Wildman–Crippen MR) is 74.5 cm³/mol. The number of halogens is 1. The van der Waals surface area contributed by atoms with Crippen LogP contribution in [-0.4, -0.2) is 25.1 Å². The number of hydrogen-bond donors (Lipinski definition) is 1. The lowest BCUT2D eigenvalue weighted by Crippen LogP contribution is -2.07. The molecular formula is C13H11BrN4O. The number of aromatic nitrogens is 4. The van der Waals surface area contributed by atoms with Gasteiger partial charge in [0.05, 0.1) is 5.52 Å². The van der Waals surface area contributed by atoms with Crippen LogP contribution in [-0.2, 0) is 7.05 Å². The number of pyridine rings is 1. The van der Waals surface area contributed by atoms with Crippen LogP contribution in [0.2, 0.25) is 0 Å². The molecule has 2 aromatic heterocycles. The number of nitrogens with zero attached hydrogens (tertiary/aromatic N) is 4. The molecule has 0 spiro atoms. The summed E-state index contributed by atoms with van der Waals surface area (Å²) in [6.07, 6.45) is 0.971. The molecule has 96 valence electrons. The number of aliphatic hydroxyl groups excluding tert-OH is 1. The van der Waals surface area contributed by atoms with Crippen molar-refractivity contribution in [3.63, 3.8) is 0 Å². The Labute approximate surface area is 118 Å². The molecule has 1 unspecified atom stereocenters. The second-order valence-electron chi connectivity index (χ2n) is 4.25. The maximum atomic E-state index is 10.5. The Kier molecular flexibility index (Phi) is 3.04. The summed E-state index contributed by atoms with van der Waals surface area (Å²) in [5.41, 5.74) is 2.32. The molecule has 1 aromatic carbocycles. The van der Waals surface area contributed by atoms with Crippen molar-refractivity contribution in [3.05, 3.63) is 52.4 Å². The monoisotopic (exact) mass is 318 g/mol. The minimum atomic E-state index is -0.779. The van der Waals surface area contributed by atoms with E-state index >= 15 is 0 Å². The number of aliphatic hydroxyl groups is 1. The van der Waals surface area contributed by atoms with E-state index in [0.29, 0.717) is 10.3 Å². The van der Waals surface area contributed by atoms with E-state index in [0.717, 1.165) is 16.5 Å². The first kappa shape index (κ1) is 12.3. The highest BCUT2D eigenvalue weighted by Gasteiger charge is 2.19. The Hall–Kier alpha value is -1.79. The van der Waals surface area contributed by atoms with Gasteiger partial charge < -0.3 is 5.11 Å². The quantitative estimate of drug-likeness (QED) is 0.786. The lowest BCUT2D eigenvalue weighted by atomic mass is 10.0. The van der Waals surface area contributed by atoms with Gasteiger partial charge in [-0.3, -0.25) is 4.98 Å². The maximum absolute atomic E-state index is 10.5. The third kappa shape index (κ3) is 2.13. The molecule has 3 aromatic rings. The molecule has 0 saturated heterocycles. The van der Waals surface area contributed by atoms with Crippen molar-refractivity contribution < 1.29 is 5.11 Å². The standard InChI is InChI=1S/C13H11BrN4O/c1-18-11(13(14)16-17-18)12(19)9-4-5-10-8(7-9)3-2-6-15-10/h2-7,12,19H,1H3. The highest BCUT2D eigenvalue weighted by atomic mass is 79.9. The average Bonchev–Trinajstić information content (AvgIpc) is 2.77. The maximum Gasteiger partial charge on any atom is 0.154 e. The summed E-state index contributed by atoms with van der Waals surface area (Å²) in [6, 6.07) is 9.52. The molecule has 0 radical (unpaired) electrons. The largest absolute Gasteiger partial charge is 0.382 e. The fourth-order valence-corrected chi connectivity index (χ4v) is 2.60. The fraction of sp³-hybridized carbons (Fsp3) is 0.154. The summed E-state index contributed by atoms with van der Waals surface area (Å²) < 4.78 is 2.11. The van der Waals surface area contributed by atoms with Gasteiger partial charge in [0.2, 0.25) is 0 Å². The number of benzene rings is 1. The van der Waals surface area contributed by atoms with E-state index in [9.17, 15) is 5.11 Å². The number of fused-ring (bicyclic) bond motifs is 1. The first-order chi connectivity index (χ1) is 9.16. The van der Waals surface area contributed by atoms with Crippen molar-refractivity contribution in [2.75, 3.05) is 0 Å². The van der Waals surface area contributed by atoms with Crippen LogP contribution >= 0.6 is 15.9 Å². The van der Waals surface area contributed by atoms with Crippen LogP contribution in [0.15, 0.2) is 41.1 Å². The minimum absolute atomic E-state index is 0.550. The van der Waals surface area contributed by atoms with Gasteiger partial charge in [0.25, 0.3) is 0 Å². The Morgan fingerprint density at radius 3 is 2.89 bits per heavy atom.